The minimum Gasteiger partial charge on any atom is -0.388 e. The van der Waals surface area contributed by atoms with Gasteiger partial charge in [-0.15, -0.1) is 0 Å². The van der Waals surface area contributed by atoms with Gasteiger partial charge in [-0.05, 0) is 45.5 Å². The number of anilines is 1. The minimum atomic E-state index is -0.135. The van der Waals surface area contributed by atoms with Crippen LogP contribution in [0.25, 0.3) is 0 Å². The lowest BCUT2D eigenvalue weighted by Gasteiger charge is -2.38. The molecule has 0 spiro atoms. The second-order valence-electron chi connectivity index (χ2n) is 7.92. The lowest BCUT2D eigenvalue weighted by molar-refractivity contribution is 0.229. The number of rotatable bonds is 6. The van der Waals surface area contributed by atoms with E-state index in [1.165, 1.54) is 19.4 Å². The van der Waals surface area contributed by atoms with E-state index >= 15 is 0 Å². The summed E-state index contributed by atoms with van der Waals surface area (Å²) in [6.07, 6.45) is 4.40. The molecule has 2 aromatic rings. The Kier molecular flexibility index (Phi) is 5.85. The molecule has 7 nitrogen and oxygen atoms in total. The zero-order chi connectivity index (χ0) is 19.5. The van der Waals surface area contributed by atoms with Gasteiger partial charge in [-0.2, -0.15) is 0 Å². The smallest absolute Gasteiger partial charge is 0.156 e. The number of hydrogen-bond acceptors (Lipinski definition) is 7. The SMILES string of the molecule is C[C@@H](c1ccccn1)N(C)Cc1cc(N2CCN3CCC[C@@H]3C2)nc(CO)n1. The summed E-state index contributed by atoms with van der Waals surface area (Å²) < 4.78 is 0. The van der Waals surface area contributed by atoms with Crippen LogP contribution in [0.15, 0.2) is 30.5 Å². The topological polar surface area (TPSA) is 68.6 Å². The first-order chi connectivity index (χ1) is 13.6. The fraction of sp³-hybridized carbons (Fsp3) is 0.571. The Morgan fingerprint density at radius 2 is 2.14 bits per heavy atom. The molecule has 0 aromatic carbocycles. The highest BCUT2D eigenvalue weighted by molar-refractivity contribution is 5.41. The third-order valence-electron chi connectivity index (χ3n) is 6.05. The first kappa shape index (κ1) is 19.2. The van der Waals surface area contributed by atoms with Crippen LogP contribution in [-0.4, -0.2) is 69.1 Å². The van der Waals surface area contributed by atoms with Gasteiger partial charge in [0.05, 0.1) is 11.4 Å². The maximum Gasteiger partial charge on any atom is 0.156 e. The largest absolute Gasteiger partial charge is 0.388 e. The molecule has 2 atom stereocenters. The van der Waals surface area contributed by atoms with Crippen LogP contribution >= 0.6 is 0 Å². The van der Waals surface area contributed by atoms with Gasteiger partial charge in [0.1, 0.15) is 12.4 Å². The van der Waals surface area contributed by atoms with Gasteiger partial charge < -0.3 is 10.0 Å². The number of pyridine rings is 1. The number of piperazine rings is 1. The van der Waals surface area contributed by atoms with Crippen molar-refractivity contribution in [2.75, 3.05) is 38.1 Å². The van der Waals surface area contributed by atoms with E-state index in [-0.39, 0.29) is 12.6 Å². The molecule has 7 heteroatoms. The maximum absolute atomic E-state index is 9.68. The highest BCUT2D eigenvalue weighted by Gasteiger charge is 2.31. The van der Waals surface area contributed by atoms with Gasteiger partial charge in [-0.1, -0.05) is 6.07 Å². The van der Waals surface area contributed by atoms with Gasteiger partial charge in [0, 0.05) is 50.5 Å². The van der Waals surface area contributed by atoms with E-state index in [0.717, 1.165) is 36.8 Å². The van der Waals surface area contributed by atoms with Crippen molar-refractivity contribution in [3.05, 3.63) is 47.7 Å². The third-order valence-corrected chi connectivity index (χ3v) is 6.05. The molecule has 4 heterocycles. The molecule has 0 saturated carbocycles. The van der Waals surface area contributed by atoms with E-state index in [4.69, 9.17) is 0 Å². The second kappa shape index (κ2) is 8.51. The molecule has 0 unspecified atom stereocenters. The van der Waals surface area contributed by atoms with Crippen LogP contribution in [0, 0.1) is 0 Å². The molecule has 2 saturated heterocycles. The molecule has 0 amide bonds. The van der Waals surface area contributed by atoms with Crippen molar-refractivity contribution in [3.63, 3.8) is 0 Å². The van der Waals surface area contributed by atoms with Gasteiger partial charge in [0.2, 0.25) is 0 Å². The molecule has 2 aliphatic heterocycles. The number of aliphatic hydroxyl groups is 1. The lowest BCUT2D eigenvalue weighted by Crippen LogP contribution is -2.50. The van der Waals surface area contributed by atoms with Crippen LogP contribution in [0.5, 0.6) is 0 Å². The standard InChI is InChI=1S/C21H30N6O/c1-16(19-7-3-4-8-22-19)25(2)13-17-12-21(24-20(15-28)23-17)27-11-10-26-9-5-6-18(26)14-27/h3-4,7-8,12,16,18,28H,5-6,9-11,13-15H2,1-2H3/t16-,18+/m0/s1. The second-order valence-corrected chi connectivity index (χ2v) is 7.92. The first-order valence-corrected chi connectivity index (χ1v) is 10.2. The van der Waals surface area contributed by atoms with Gasteiger partial charge >= 0.3 is 0 Å². The van der Waals surface area contributed by atoms with Crippen molar-refractivity contribution in [2.24, 2.45) is 0 Å². The van der Waals surface area contributed by atoms with Gasteiger partial charge in [-0.25, -0.2) is 9.97 Å². The normalized spacial score (nSPS) is 21.1. The monoisotopic (exact) mass is 382 g/mol. The van der Waals surface area contributed by atoms with Crippen LogP contribution in [0.2, 0.25) is 0 Å². The average molecular weight is 383 g/mol. The first-order valence-electron chi connectivity index (χ1n) is 10.2. The molecular formula is C21H30N6O. The highest BCUT2D eigenvalue weighted by Crippen LogP contribution is 2.25. The molecule has 0 aliphatic carbocycles. The Hall–Kier alpha value is -2.09. The number of aromatic nitrogens is 3. The molecule has 2 aromatic heterocycles. The summed E-state index contributed by atoms with van der Waals surface area (Å²) in [5.74, 6) is 1.44. The van der Waals surface area contributed by atoms with E-state index in [0.29, 0.717) is 18.4 Å². The van der Waals surface area contributed by atoms with Crippen LogP contribution in [0.1, 0.15) is 43.0 Å². The predicted octanol–water partition coefficient (Wildman–Crippen LogP) is 1.84. The molecule has 1 N–H and O–H groups in total. The summed E-state index contributed by atoms with van der Waals surface area (Å²) in [6.45, 7) is 7.02. The van der Waals surface area contributed by atoms with E-state index in [9.17, 15) is 5.11 Å². The van der Waals surface area contributed by atoms with Gasteiger partial charge in [0.25, 0.3) is 0 Å². The minimum absolute atomic E-state index is 0.135. The lowest BCUT2D eigenvalue weighted by atomic mass is 10.1. The van der Waals surface area contributed by atoms with Crippen molar-refractivity contribution in [1.82, 2.24) is 24.8 Å². The van der Waals surface area contributed by atoms with E-state index in [2.05, 4.69) is 49.7 Å². The van der Waals surface area contributed by atoms with Crippen molar-refractivity contribution >= 4 is 5.82 Å². The zero-order valence-corrected chi connectivity index (χ0v) is 16.8. The Labute approximate surface area is 167 Å². The van der Waals surface area contributed by atoms with Crippen molar-refractivity contribution in [1.29, 1.82) is 0 Å². The van der Waals surface area contributed by atoms with Crippen LogP contribution in [-0.2, 0) is 13.2 Å². The van der Waals surface area contributed by atoms with Crippen LogP contribution in [0.4, 0.5) is 5.82 Å². The average Bonchev–Trinajstić information content (AvgIpc) is 3.21. The van der Waals surface area contributed by atoms with Crippen LogP contribution < -0.4 is 4.90 Å². The zero-order valence-electron chi connectivity index (χ0n) is 16.8. The molecule has 0 radical (unpaired) electrons. The number of aliphatic hydroxyl groups excluding tert-OH is 1. The number of hydrogen-bond donors (Lipinski definition) is 1. The van der Waals surface area contributed by atoms with Gasteiger partial charge in [0.15, 0.2) is 5.82 Å². The number of nitrogens with zero attached hydrogens (tertiary/aromatic N) is 6. The predicted molar refractivity (Wildman–Crippen MR) is 109 cm³/mol. The molecule has 4 rings (SSSR count). The summed E-state index contributed by atoms with van der Waals surface area (Å²) in [7, 11) is 2.08. The molecule has 2 aliphatic rings. The van der Waals surface area contributed by atoms with Crippen LogP contribution in [0.3, 0.4) is 0 Å². The van der Waals surface area contributed by atoms with E-state index in [1.54, 1.807) is 0 Å². The molecule has 0 bridgehead atoms. The van der Waals surface area contributed by atoms with E-state index < -0.39 is 0 Å². The number of fused-ring (bicyclic) bond motifs is 1. The molecule has 150 valence electrons. The Morgan fingerprint density at radius 3 is 2.93 bits per heavy atom. The summed E-state index contributed by atoms with van der Waals surface area (Å²) >= 11 is 0. The van der Waals surface area contributed by atoms with Gasteiger partial charge in [-0.3, -0.25) is 14.8 Å². The van der Waals surface area contributed by atoms with Crippen molar-refractivity contribution in [2.45, 2.75) is 45.0 Å². The highest BCUT2D eigenvalue weighted by atomic mass is 16.3. The molecular weight excluding hydrogens is 352 g/mol. The molecule has 28 heavy (non-hydrogen) atoms. The quantitative estimate of drug-likeness (QED) is 0.817. The van der Waals surface area contributed by atoms with Crippen molar-refractivity contribution in [3.8, 4) is 0 Å². The van der Waals surface area contributed by atoms with Crippen molar-refractivity contribution < 1.29 is 5.11 Å². The maximum atomic E-state index is 9.68. The Bertz CT molecular complexity index is 786. The summed E-state index contributed by atoms with van der Waals surface area (Å²) in [5, 5.41) is 9.68. The Balaban J connectivity index is 1.50. The Morgan fingerprint density at radius 1 is 1.25 bits per heavy atom. The summed E-state index contributed by atoms with van der Waals surface area (Å²) in [5.41, 5.74) is 1.98. The molecule has 2 fully saturated rings. The summed E-state index contributed by atoms with van der Waals surface area (Å²) in [6, 6.07) is 8.90. The fourth-order valence-electron chi connectivity index (χ4n) is 4.29. The summed E-state index contributed by atoms with van der Waals surface area (Å²) in [4.78, 5) is 20.8. The van der Waals surface area contributed by atoms with E-state index in [1.807, 2.05) is 24.4 Å². The third kappa shape index (κ3) is 4.16. The fourth-order valence-corrected chi connectivity index (χ4v) is 4.29.